The third kappa shape index (κ3) is 4.40. The topological polar surface area (TPSA) is 173 Å². The molecule has 0 spiro atoms. The van der Waals surface area contributed by atoms with Crippen molar-refractivity contribution in [1.29, 1.82) is 0 Å². The maximum atomic E-state index is 11.0. The molecule has 19 heavy (non-hydrogen) atoms. The van der Waals surface area contributed by atoms with E-state index >= 15 is 0 Å². The Hall–Kier alpha value is -1.27. The van der Waals surface area contributed by atoms with Crippen LogP contribution in [-0.2, 0) is 19.7 Å². The number of carbonyl (C=O) groups is 2. The molecule has 0 heterocycles. The smallest absolute Gasteiger partial charge is 0.326 e. The second kappa shape index (κ2) is 6.25. The molecular formula is C8H15NO9S. The summed E-state index contributed by atoms with van der Waals surface area (Å²) in [6.07, 6.45) is -3.32. The molecule has 11 heteroatoms. The van der Waals surface area contributed by atoms with E-state index in [0.717, 1.165) is 13.8 Å². The minimum absolute atomic E-state index is 0.328. The van der Waals surface area contributed by atoms with Crippen LogP contribution >= 0.6 is 0 Å². The molecule has 112 valence electrons. The first-order chi connectivity index (χ1) is 8.41. The van der Waals surface area contributed by atoms with Crippen LogP contribution in [0, 0.1) is 0 Å². The molecular weight excluding hydrogens is 286 g/mol. The Morgan fingerprint density at radius 1 is 1.00 bits per heavy atom. The highest BCUT2D eigenvalue weighted by Crippen LogP contribution is 2.17. The monoisotopic (exact) mass is 301 g/mol. The first-order valence-electron chi connectivity index (χ1n) is 4.96. The molecule has 5 N–H and O–H groups in total. The average molecular weight is 301 g/mol. The second-order valence-corrected chi connectivity index (χ2v) is 5.31. The number of aliphatic carboxylic acids is 2. The van der Waals surface area contributed by atoms with Crippen molar-refractivity contribution in [2.24, 2.45) is 0 Å². The highest BCUT2D eigenvalue weighted by Gasteiger charge is 2.48. The van der Waals surface area contributed by atoms with Crippen LogP contribution in [0.3, 0.4) is 0 Å². The maximum Gasteiger partial charge on any atom is 0.326 e. The van der Waals surface area contributed by atoms with E-state index in [1.165, 1.54) is 0 Å². The number of carboxylic acid groups (broad SMARTS) is 2. The van der Waals surface area contributed by atoms with Crippen LogP contribution in [-0.4, -0.2) is 74.0 Å². The van der Waals surface area contributed by atoms with Crippen molar-refractivity contribution in [3.05, 3.63) is 0 Å². The van der Waals surface area contributed by atoms with Gasteiger partial charge in [-0.05, 0) is 13.8 Å². The van der Waals surface area contributed by atoms with Crippen molar-refractivity contribution in [3.63, 3.8) is 0 Å². The lowest BCUT2D eigenvalue weighted by atomic mass is 10.1. The molecule has 0 aromatic carbocycles. The third-order valence-electron chi connectivity index (χ3n) is 2.29. The fourth-order valence-electron chi connectivity index (χ4n) is 1.62. The Morgan fingerprint density at radius 3 is 1.53 bits per heavy atom. The SMILES string of the molecule is CC(O)N(C(C)O)C(C(=O)O)C(C(=O)O)S(=O)(=O)O. The number of aliphatic hydroxyl groups excluding tert-OH is 2. The minimum atomic E-state index is -5.26. The van der Waals surface area contributed by atoms with Gasteiger partial charge in [-0.15, -0.1) is 0 Å². The predicted octanol–water partition coefficient (Wildman–Crippen LogP) is -2.24. The Labute approximate surface area is 108 Å². The Bertz CT molecular complexity index is 435. The van der Waals surface area contributed by atoms with Gasteiger partial charge in [-0.2, -0.15) is 8.42 Å². The number of hydrogen-bond donors (Lipinski definition) is 5. The van der Waals surface area contributed by atoms with E-state index in [1.807, 2.05) is 0 Å². The van der Waals surface area contributed by atoms with Gasteiger partial charge in [0.1, 0.15) is 18.5 Å². The van der Waals surface area contributed by atoms with E-state index in [0.29, 0.717) is 4.90 Å². The van der Waals surface area contributed by atoms with Crippen LogP contribution in [0.15, 0.2) is 0 Å². The van der Waals surface area contributed by atoms with Gasteiger partial charge in [-0.1, -0.05) is 0 Å². The molecule has 0 saturated heterocycles. The summed E-state index contributed by atoms with van der Waals surface area (Å²) in [5.74, 6) is -4.06. The standard InChI is InChI=1S/C8H15NO9S/c1-3(10)9(4(2)11)5(7(12)13)6(8(14)15)19(16,17)18/h3-6,10-11H,1-2H3,(H,12,13)(H,14,15)(H,16,17,18). The lowest BCUT2D eigenvalue weighted by Crippen LogP contribution is -2.60. The molecule has 0 aromatic heterocycles. The molecule has 0 aromatic rings. The van der Waals surface area contributed by atoms with Gasteiger partial charge in [0.25, 0.3) is 10.1 Å². The summed E-state index contributed by atoms with van der Waals surface area (Å²) in [5.41, 5.74) is 0. The van der Waals surface area contributed by atoms with E-state index < -0.39 is 45.8 Å². The number of nitrogens with zero attached hydrogens (tertiary/aromatic N) is 1. The van der Waals surface area contributed by atoms with E-state index in [2.05, 4.69) is 0 Å². The van der Waals surface area contributed by atoms with E-state index in [-0.39, 0.29) is 0 Å². The largest absolute Gasteiger partial charge is 0.480 e. The second-order valence-electron chi connectivity index (χ2n) is 3.77. The van der Waals surface area contributed by atoms with E-state index in [4.69, 9.17) is 14.8 Å². The van der Waals surface area contributed by atoms with Crippen LogP contribution < -0.4 is 0 Å². The summed E-state index contributed by atoms with van der Waals surface area (Å²) in [4.78, 5) is 22.2. The Morgan fingerprint density at radius 2 is 1.37 bits per heavy atom. The molecule has 0 aliphatic carbocycles. The number of aliphatic hydroxyl groups is 2. The summed E-state index contributed by atoms with van der Waals surface area (Å²) >= 11 is 0. The number of rotatable bonds is 7. The summed E-state index contributed by atoms with van der Waals surface area (Å²) in [6, 6.07) is -2.37. The molecule has 0 amide bonds. The predicted molar refractivity (Wildman–Crippen MR) is 59.6 cm³/mol. The summed E-state index contributed by atoms with van der Waals surface area (Å²) in [7, 11) is -5.26. The zero-order valence-corrected chi connectivity index (χ0v) is 10.9. The van der Waals surface area contributed by atoms with Crippen molar-refractivity contribution in [3.8, 4) is 0 Å². The molecule has 0 bridgehead atoms. The number of carboxylic acids is 2. The molecule has 4 atom stereocenters. The van der Waals surface area contributed by atoms with Gasteiger partial charge in [0.2, 0.25) is 5.25 Å². The fraction of sp³-hybridized carbons (Fsp3) is 0.750. The molecule has 0 aliphatic heterocycles. The van der Waals surface area contributed by atoms with Crippen LogP contribution in [0.2, 0.25) is 0 Å². The van der Waals surface area contributed by atoms with Crippen molar-refractivity contribution >= 4 is 22.1 Å². The van der Waals surface area contributed by atoms with Gasteiger partial charge in [-0.3, -0.25) is 14.1 Å². The molecule has 0 radical (unpaired) electrons. The van der Waals surface area contributed by atoms with Gasteiger partial charge < -0.3 is 20.4 Å². The van der Waals surface area contributed by atoms with Gasteiger partial charge in [0.05, 0.1) is 0 Å². The molecule has 0 aliphatic rings. The van der Waals surface area contributed by atoms with E-state index in [9.17, 15) is 28.2 Å². The Balaban J connectivity index is 5.89. The maximum absolute atomic E-state index is 11.0. The molecule has 10 nitrogen and oxygen atoms in total. The van der Waals surface area contributed by atoms with Gasteiger partial charge >= 0.3 is 11.9 Å². The van der Waals surface area contributed by atoms with Gasteiger partial charge in [0.15, 0.2) is 0 Å². The summed E-state index contributed by atoms with van der Waals surface area (Å²) in [5, 5.41) is 33.6. The number of hydrogen-bond acceptors (Lipinski definition) is 7. The average Bonchev–Trinajstić information content (AvgIpc) is 2.11. The van der Waals surface area contributed by atoms with Crippen molar-refractivity contribution in [1.82, 2.24) is 4.90 Å². The van der Waals surface area contributed by atoms with E-state index in [1.54, 1.807) is 0 Å². The lowest BCUT2D eigenvalue weighted by molar-refractivity contribution is -0.165. The van der Waals surface area contributed by atoms with Gasteiger partial charge in [-0.25, -0.2) is 4.90 Å². The van der Waals surface area contributed by atoms with Crippen molar-refractivity contribution in [2.45, 2.75) is 37.6 Å². The normalized spacial score (nSPS) is 18.6. The fourth-order valence-corrected chi connectivity index (χ4v) is 2.45. The Kier molecular flexibility index (Phi) is 5.83. The third-order valence-corrected chi connectivity index (χ3v) is 3.39. The van der Waals surface area contributed by atoms with Gasteiger partial charge in [0, 0.05) is 0 Å². The first kappa shape index (κ1) is 17.7. The molecule has 4 unspecified atom stereocenters. The van der Waals surface area contributed by atoms with Crippen LogP contribution in [0.25, 0.3) is 0 Å². The van der Waals surface area contributed by atoms with Crippen LogP contribution in [0.1, 0.15) is 13.8 Å². The molecule has 0 fully saturated rings. The highest BCUT2D eigenvalue weighted by molar-refractivity contribution is 7.87. The van der Waals surface area contributed by atoms with Crippen molar-refractivity contribution in [2.75, 3.05) is 0 Å². The quantitative estimate of drug-likeness (QED) is 0.255. The van der Waals surface area contributed by atoms with Crippen LogP contribution in [0.5, 0.6) is 0 Å². The molecule has 0 rings (SSSR count). The zero-order chi connectivity index (χ0) is 15.5. The summed E-state index contributed by atoms with van der Waals surface area (Å²) < 4.78 is 30.8. The minimum Gasteiger partial charge on any atom is -0.480 e. The lowest BCUT2D eigenvalue weighted by Gasteiger charge is -2.35. The zero-order valence-electron chi connectivity index (χ0n) is 10.0. The molecule has 0 saturated carbocycles. The highest BCUT2D eigenvalue weighted by atomic mass is 32.2. The van der Waals surface area contributed by atoms with Crippen LogP contribution in [0.4, 0.5) is 0 Å². The van der Waals surface area contributed by atoms with Crippen molar-refractivity contribution < 1.29 is 43.0 Å². The first-order valence-corrected chi connectivity index (χ1v) is 6.47. The summed E-state index contributed by atoms with van der Waals surface area (Å²) in [6.45, 7) is 2.01.